The summed E-state index contributed by atoms with van der Waals surface area (Å²) in [7, 11) is 0. The molecule has 1 aliphatic heterocycles. The highest BCUT2D eigenvalue weighted by atomic mass is 35.5. The Balaban J connectivity index is 1.64. The number of nitrogens with zero attached hydrogens (tertiary/aromatic N) is 2. The number of carbonyl (C=O) groups is 3. The Morgan fingerprint density at radius 3 is 2.41 bits per heavy atom. The second-order valence-electron chi connectivity index (χ2n) is 8.42. The number of halogens is 1. The summed E-state index contributed by atoms with van der Waals surface area (Å²) >= 11 is 6.51. The van der Waals surface area contributed by atoms with Gasteiger partial charge in [-0.05, 0) is 66.4 Å². The molecule has 0 atom stereocenters. The molecule has 4 rings (SSSR count). The molecule has 0 aromatic heterocycles. The highest BCUT2D eigenvalue weighted by Gasteiger charge is 2.37. The number of aryl methyl sites for hydroxylation is 1. The summed E-state index contributed by atoms with van der Waals surface area (Å²) < 4.78 is 11.6. The molecule has 1 saturated heterocycles. The Kier molecular flexibility index (Phi) is 8.26. The number of amides is 4. The van der Waals surface area contributed by atoms with Crippen molar-refractivity contribution in [3.8, 4) is 11.5 Å². The number of non-ortho nitro benzene ring substituents is 1. The summed E-state index contributed by atoms with van der Waals surface area (Å²) in [6.45, 7) is 4.01. The monoisotopic (exact) mass is 549 g/mol. The van der Waals surface area contributed by atoms with Gasteiger partial charge >= 0.3 is 6.03 Å². The fourth-order valence-corrected chi connectivity index (χ4v) is 4.29. The van der Waals surface area contributed by atoms with E-state index in [1.165, 1.54) is 24.3 Å². The van der Waals surface area contributed by atoms with Crippen molar-refractivity contribution in [1.82, 2.24) is 5.32 Å². The Morgan fingerprint density at radius 2 is 1.74 bits per heavy atom. The lowest BCUT2D eigenvalue weighted by Gasteiger charge is -2.28. The van der Waals surface area contributed by atoms with Crippen LogP contribution >= 0.6 is 11.6 Å². The van der Waals surface area contributed by atoms with E-state index in [-0.39, 0.29) is 41.0 Å². The number of urea groups is 1. The molecule has 39 heavy (non-hydrogen) atoms. The zero-order chi connectivity index (χ0) is 28.1. The van der Waals surface area contributed by atoms with Crippen LogP contribution in [0.5, 0.6) is 11.5 Å². The minimum atomic E-state index is -0.831. The normalized spacial score (nSPS) is 14.4. The number of nitrogens with one attached hydrogen (secondary N) is 1. The number of hydrogen-bond acceptors (Lipinski definition) is 7. The summed E-state index contributed by atoms with van der Waals surface area (Å²) in [5, 5.41) is 13.3. The van der Waals surface area contributed by atoms with Crippen LogP contribution in [0.1, 0.15) is 30.5 Å². The number of hydrogen-bond donors (Lipinski definition) is 1. The number of carbonyl (C=O) groups excluding carboxylic acids is 3. The van der Waals surface area contributed by atoms with Crippen LogP contribution < -0.4 is 19.7 Å². The van der Waals surface area contributed by atoms with Crippen LogP contribution in [0.4, 0.5) is 16.2 Å². The third-order valence-electron chi connectivity index (χ3n) is 5.89. The zero-order valence-electron chi connectivity index (χ0n) is 21.1. The van der Waals surface area contributed by atoms with Gasteiger partial charge in [-0.25, -0.2) is 9.69 Å². The number of nitro benzene ring substituents is 1. The van der Waals surface area contributed by atoms with Crippen LogP contribution in [0, 0.1) is 10.1 Å². The number of barbiturate groups is 1. The van der Waals surface area contributed by atoms with Gasteiger partial charge < -0.3 is 9.47 Å². The first-order chi connectivity index (χ1) is 18.7. The SMILES string of the molecule is CCOc1cc(/C=C2/C(=O)NC(=O)N(c3ccccc3CC)C2=O)cc(Cl)c1OCc1ccc([N+](=O)[O-])cc1. The van der Waals surface area contributed by atoms with Gasteiger partial charge in [0.25, 0.3) is 17.5 Å². The second kappa shape index (κ2) is 11.8. The van der Waals surface area contributed by atoms with Gasteiger partial charge in [-0.15, -0.1) is 0 Å². The predicted molar refractivity (Wildman–Crippen MR) is 145 cm³/mol. The van der Waals surface area contributed by atoms with E-state index in [4.69, 9.17) is 21.1 Å². The predicted octanol–water partition coefficient (Wildman–Crippen LogP) is 5.45. The van der Waals surface area contributed by atoms with E-state index in [0.29, 0.717) is 23.2 Å². The fourth-order valence-electron chi connectivity index (χ4n) is 4.01. The maximum atomic E-state index is 13.4. The van der Waals surface area contributed by atoms with Crippen molar-refractivity contribution >= 4 is 46.9 Å². The summed E-state index contributed by atoms with van der Waals surface area (Å²) in [6.07, 6.45) is 1.91. The summed E-state index contributed by atoms with van der Waals surface area (Å²) in [5.41, 5.74) is 1.92. The smallest absolute Gasteiger partial charge is 0.335 e. The lowest BCUT2D eigenvalue weighted by atomic mass is 10.0. The third kappa shape index (κ3) is 5.91. The fraction of sp³-hybridized carbons (Fsp3) is 0.179. The average molecular weight is 550 g/mol. The largest absolute Gasteiger partial charge is 0.490 e. The first kappa shape index (κ1) is 27.3. The Labute approximate surface area is 228 Å². The van der Waals surface area contributed by atoms with Gasteiger partial charge in [0.15, 0.2) is 11.5 Å². The van der Waals surface area contributed by atoms with Crippen LogP contribution in [0.15, 0.2) is 66.2 Å². The van der Waals surface area contributed by atoms with Crippen molar-refractivity contribution in [3.05, 3.63) is 98.1 Å². The van der Waals surface area contributed by atoms with Crippen molar-refractivity contribution in [1.29, 1.82) is 0 Å². The van der Waals surface area contributed by atoms with E-state index in [2.05, 4.69) is 5.32 Å². The molecule has 200 valence electrons. The highest BCUT2D eigenvalue weighted by molar-refractivity contribution is 6.39. The summed E-state index contributed by atoms with van der Waals surface area (Å²) in [6, 6.07) is 15.1. The molecule has 0 spiro atoms. The Morgan fingerprint density at radius 1 is 1.03 bits per heavy atom. The number of imide groups is 2. The van der Waals surface area contributed by atoms with Crippen LogP contribution in [0.25, 0.3) is 6.08 Å². The van der Waals surface area contributed by atoms with Crippen molar-refractivity contribution in [2.75, 3.05) is 11.5 Å². The number of benzene rings is 3. The van der Waals surface area contributed by atoms with Gasteiger partial charge in [-0.2, -0.15) is 0 Å². The average Bonchev–Trinajstić information content (AvgIpc) is 2.91. The van der Waals surface area contributed by atoms with Gasteiger partial charge in [-0.1, -0.05) is 36.7 Å². The first-order valence-electron chi connectivity index (χ1n) is 12.0. The molecule has 1 aliphatic rings. The molecular formula is C28H24ClN3O7. The number of anilines is 1. The molecule has 3 aromatic carbocycles. The molecule has 0 saturated carbocycles. The molecule has 3 aromatic rings. The maximum Gasteiger partial charge on any atom is 0.335 e. The van der Waals surface area contributed by atoms with Crippen LogP contribution in [-0.2, 0) is 22.6 Å². The molecule has 0 aliphatic carbocycles. The van der Waals surface area contributed by atoms with E-state index in [9.17, 15) is 24.5 Å². The second-order valence-corrected chi connectivity index (χ2v) is 8.82. The number of nitro groups is 1. The molecule has 11 heteroatoms. The molecule has 4 amide bonds. The molecule has 1 fully saturated rings. The lowest BCUT2D eigenvalue weighted by molar-refractivity contribution is -0.384. The van der Waals surface area contributed by atoms with Crippen molar-refractivity contribution < 1.29 is 28.8 Å². The van der Waals surface area contributed by atoms with Gasteiger partial charge in [0.1, 0.15) is 12.2 Å². The number of ether oxygens (including phenoxy) is 2. The van der Waals surface area contributed by atoms with Crippen LogP contribution in [0.3, 0.4) is 0 Å². The van der Waals surface area contributed by atoms with Gasteiger partial charge in [0.05, 0.1) is 22.2 Å². The molecule has 1 heterocycles. The summed E-state index contributed by atoms with van der Waals surface area (Å²) in [5.74, 6) is -1.10. The number of rotatable bonds is 9. The lowest BCUT2D eigenvalue weighted by Crippen LogP contribution is -2.54. The quantitative estimate of drug-likeness (QED) is 0.162. The van der Waals surface area contributed by atoms with E-state index >= 15 is 0 Å². The number of para-hydroxylation sites is 1. The van der Waals surface area contributed by atoms with Crippen molar-refractivity contribution in [3.63, 3.8) is 0 Å². The minimum Gasteiger partial charge on any atom is -0.490 e. The Hall–Kier alpha value is -4.70. The highest BCUT2D eigenvalue weighted by Crippen LogP contribution is 2.38. The zero-order valence-corrected chi connectivity index (χ0v) is 21.9. The molecule has 1 N–H and O–H groups in total. The topological polar surface area (TPSA) is 128 Å². The van der Waals surface area contributed by atoms with Crippen LogP contribution in [-0.4, -0.2) is 29.4 Å². The van der Waals surface area contributed by atoms with E-state index in [1.807, 2.05) is 6.92 Å². The van der Waals surface area contributed by atoms with E-state index < -0.39 is 22.8 Å². The molecule has 10 nitrogen and oxygen atoms in total. The third-order valence-corrected chi connectivity index (χ3v) is 6.17. The molecule has 0 radical (unpaired) electrons. The van der Waals surface area contributed by atoms with Crippen molar-refractivity contribution in [2.24, 2.45) is 0 Å². The minimum absolute atomic E-state index is 0.0380. The first-order valence-corrected chi connectivity index (χ1v) is 12.4. The maximum absolute atomic E-state index is 13.4. The Bertz CT molecular complexity index is 1480. The van der Waals surface area contributed by atoms with Crippen LogP contribution in [0.2, 0.25) is 5.02 Å². The van der Waals surface area contributed by atoms with Crippen molar-refractivity contribution in [2.45, 2.75) is 26.9 Å². The summed E-state index contributed by atoms with van der Waals surface area (Å²) in [4.78, 5) is 50.0. The van der Waals surface area contributed by atoms with E-state index in [1.54, 1.807) is 49.4 Å². The molecular weight excluding hydrogens is 526 g/mol. The van der Waals surface area contributed by atoms with Gasteiger partial charge in [0, 0.05) is 12.1 Å². The molecule has 0 unspecified atom stereocenters. The van der Waals surface area contributed by atoms with E-state index in [0.717, 1.165) is 10.5 Å². The molecule has 0 bridgehead atoms. The van der Waals surface area contributed by atoms with Gasteiger partial charge in [-0.3, -0.25) is 25.0 Å². The van der Waals surface area contributed by atoms with Gasteiger partial charge in [0.2, 0.25) is 0 Å². The standard InChI is InChI=1S/C28H24ClN3O7/c1-3-19-7-5-6-8-23(19)31-27(34)21(26(33)30-28(31)35)13-18-14-22(29)25(24(15-18)38-4-2)39-16-17-9-11-20(12-10-17)32(36)37/h5-15H,3-4,16H2,1-2H3,(H,30,33,35)/b21-13-.